The van der Waals surface area contributed by atoms with Crippen LogP contribution in [0.3, 0.4) is 0 Å². The first-order valence-corrected chi connectivity index (χ1v) is 10.1. The predicted molar refractivity (Wildman–Crippen MR) is 113 cm³/mol. The van der Waals surface area contributed by atoms with Gasteiger partial charge in [0.05, 0.1) is 27.9 Å². The van der Waals surface area contributed by atoms with Gasteiger partial charge in [-0.05, 0) is 30.3 Å². The van der Waals surface area contributed by atoms with E-state index in [0.717, 1.165) is 26.4 Å². The Kier molecular flexibility index (Phi) is 4.33. The second-order valence-corrected chi connectivity index (χ2v) is 7.80. The molecule has 1 unspecified atom stereocenters. The van der Waals surface area contributed by atoms with Gasteiger partial charge >= 0.3 is 5.97 Å². The van der Waals surface area contributed by atoms with Crippen LogP contribution in [0.4, 0.5) is 5.69 Å². The van der Waals surface area contributed by atoms with E-state index in [9.17, 15) is 9.59 Å². The molecular formula is C23H16N2O3S. The molecule has 1 atom stereocenters. The van der Waals surface area contributed by atoms with E-state index in [1.165, 1.54) is 0 Å². The minimum Gasteiger partial charge on any atom is -0.453 e. The number of rotatable bonds is 4. The molecule has 0 radical (unpaired) electrons. The Hall–Kier alpha value is -3.51. The monoisotopic (exact) mass is 400 g/mol. The van der Waals surface area contributed by atoms with E-state index >= 15 is 0 Å². The smallest absolute Gasteiger partial charge is 0.339 e. The Morgan fingerprint density at radius 2 is 1.69 bits per heavy atom. The zero-order valence-electron chi connectivity index (χ0n) is 15.3. The van der Waals surface area contributed by atoms with Gasteiger partial charge in [-0.2, -0.15) is 0 Å². The number of carbonyl (C=O) groups excluding carboxylic acids is 2. The van der Waals surface area contributed by atoms with Gasteiger partial charge in [-0.25, -0.2) is 9.78 Å². The number of nitrogens with one attached hydrogen (secondary N) is 1. The summed E-state index contributed by atoms with van der Waals surface area (Å²) in [6, 6.07) is 22.7. The third-order valence-corrected chi connectivity index (χ3v) is 5.94. The molecule has 3 aromatic carbocycles. The summed E-state index contributed by atoms with van der Waals surface area (Å²) in [4.78, 5) is 29.4. The van der Waals surface area contributed by atoms with Crippen molar-refractivity contribution in [3.05, 3.63) is 83.9 Å². The number of benzene rings is 3. The summed E-state index contributed by atoms with van der Waals surface area (Å²) < 4.78 is 6.48. The summed E-state index contributed by atoms with van der Waals surface area (Å²) in [7, 11) is 0. The molecule has 6 heteroatoms. The number of para-hydroxylation sites is 2. The number of aromatic nitrogens is 1. The minimum atomic E-state index is -0.562. The molecule has 0 spiro atoms. The lowest BCUT2D eigenvalue weighted by molar-refractivity contribution is -0.118. The van der Waals surface area contributed by atoms with Crippen LogP contribution in [0.2, 0.25) is 0 Å². The maximum Gasteiger partial charge on any atom is 0.339 e. The minimum absolute atomic E-state index is 0.0664. The molecule has 0 fully saturated rings. The summed E-state index contributed by atoms with van der Waals surface area (Å²) in [5, 5.41) is 3.81. The first-order chi connectivity index (χ1) is 14.2. The number of ether oxygens (including phenoxy) is 1. The van der Waals surface area contributed by atoms with Crippen molar-refractivity contribution >= 4 is 39.1 Å². The fourth-order valence-corrected chi connectivity index (χ4v) is 4.51. The lowest BCUT2D eigenvalue weighted by atomic mass is 10.0. The van der Waals surface area contributed by atoms with Gasteiger partial charge in [0.15, 0.2) is 0 Å². The lowest BCUT2D eigenvalue weighted by Crippen LogP contribution is -2.16. The number of fused-ring (bicyclic) bond motifs is 2. The van der Waals surface area contributed by atoms with E-state index < -0.39 is 6.10 Å². The van der Waals surface area contributed by atoms with E-state index in [1.54, 1.807) is 23.5 Å². The maximum absolute atomic E-state index is 12.7. The number of esters is 1. The number of anilines is 1. The van der Waals surface area contributed by atoms with E-state index in [-0.39, 0.29) is 18.3 Å². The highest BCUT2D eigenvalue weighted by molar-refractivity contribution is 7.21. The zero-order chi connectivity index (χ0) is 19.8. The van der Waals surface area contributed by atoms with Crippen LogP contribution in [0.25, 0.3) is 20.8 Å². The summed E-state index contributed by atoms with van der Waals surface area (Å²) in [6.45, 7) is 0. The average Bonchev–Trinajstić information content (AvgIpc) is 3.30. The van der Waals surface area contributed by atoms with Gasteiger partial charge in [0.25, 0.3) is 0 Å². The number of hydrogen-bond donors (Lipinski definition) is 1. The van der Waals surface area contributed by atoms with Gasteiger partial charge in [0.2, 0.25) is 5.91 Å². The van der Waals surface area contributed by atoms with Crippen molar-refractivity contribution in [1.82, 2.24) is 4.98 Å². The number of thiazole rings is 1. The Balaban J connectivity index is 1.39. The molecule has 0 aliphatic carbocycles. The molecule has 5 nitrogen and oxygen atoms in total. The molecule has 4 aromatic rings. The van der Waals surface area contributed by atoms with Crippen molar-refractivity contribution in [2.45, 2.75) is 12.5 Å². The molecule has 142 valence electrons. The normalized spacial score (nSPS) is 15.2. The number of carbonyl (C=O) groups is 2. The SMILES string of the molecule is O=C(CC1OC(=O)c2ccccc21)Nc1ccccc1-c1nc2ccccc2s1. The van der Waals surface area contributed by atoms with Crippen LogP contribution >= 0.6 is 11.3 Å². The first kappa shape index (κ1) is 17.6. The molecule has 0 bridgehead atoms. The quantitative estimate of drug-likeness (QED) is 0.478. The van der Waals surface area contributed by atoms with Crippen molar-refractivity contribution in [2.75, 3.05) is 5.32 Å². The summed E-state index contributed by atoms with van der Waals surface area (Å²) in [5.41, 5.74) is 3.77. The third kappa shape index (κ3) is 3.28. The lowest BCUT2D eigenvalue weighted by Gasteiger charge is -2.13. The van der Waals surface area contributed by atoms with E-state index in [1.807, 2.05) is 60.7 Å². The molecule has 1 amide bonds. The van der Waals surface area contributed by atoms with Crippen LogP contribution in [0.15, 0.2) is 72.8 Å². The third-order valence-electron chi connectivity index (χ3n) is 4.87. The van der Waals surface area contributed by atoms with Crippen molar-refractivity contribution in [3.63, 3.8) is 0 Å². The Labute approximate surface area is 171 Å². The summed E-state index contributed by atoms with van der Waals surface area (Å²) in [6.07, 6.45) is -0.495. The largest absolute Gasteiger partial charge is 0.453 e. The van der Waals surface area contributed by atoms with E-state index in [2.05, 4.69) is 5.32 Å². The second-order valence-electron chi connectivity index (χ2n) is 6.77. The Morgan fingerprint density at radius 3 is 2.55 bits per heavy atom. The molecule has 5 rings (SSSR count). The fraction of sp³-hybridized carbons (Fsp3) is 0.0870. The fourth-order valence-electron chi connectivity index (χ4n) is 3.51. The van der Waals surface area contributed by atoms with Crippen molar-refractivity contribution < 1.29 is 14.3 Å². The van der Waals surface area contributed by atoms with Gasteiger partial charge < -0.3 is 10.1 Å². The summed E-state index contributed by atoms with van der Waals surface area (Å²) >= 11 is 1.58. The standard InChI is InChI=1S/C23H16N2O3S/c26-21(13-19-14-7-1-2-8-15(14)23(27)28-19)24-17-10-4-3-9-16(17)22-25-18-11-5-6-12-20(18)29-22/h1-12,19H,13H2,(H,24,26). The first-order valence-electron chi connectivity index (χ1n) is 9.24. The van der Waals surface area contributed by atoms with Crippen LogP contribution in [0.1, 0.15) is 28.4 Å². The van der Waals surface area contributed by atoms with E-state index in [0.29, 0.717) is 11.3 Å². The summed E-state index contributed by atoms with van der Waals surface area (Å²) in [5.74, 6) is -0.596. The topological polar surface area (TPSA) is 68.3 Å². The highest BCUT2D eigenvalue weighted by Crippen LogP contribution is 2.36. The van der Waals surface area contributed by atoms with Crippen molar-refractivity contribution in [3.8, 4) is 10.6 Å². The average molecular weight is 400 g/mol. The predicted octanol–water partition coefficient (Wildman–Crippen LogP) is 5.20. The molecule has 1 aromatic heterocycles. The highest BCUT2D eigenvalue weighted by atomic mass is 32.1. The highest BCUT2D eigenvalue weighted by Gasteiger charge is 2.32. The van der Waals surface area contributed by atoms with Gasteiger partial charge in [-0.15, -0.1) is 11.3 Å². The molecule has 1 aliphatic heterocycles. The zero-order valence-corrected chi connectivity index (χ0v) is 16.1. The Bertz CT molecular complexity index is 1210. The van der Waals surface area contributed by atoms with Gasteiger partial charge in [-0.1, -0.05) is 42.5 Å². The van der Waals surface area contributed by atoms with Gasteiger partial charge in [0.1, 0.15) is 11.1 Å². The molecule has 0 saturated heterocycles. The number of nitrogens with zero attached hydrogens (tertiary/aromatic N) is 1. The molecule has 1 aliphatic rings. The maximum atomic E-state index is 12.7. The Morgan fingerprint density at radius 1 is 0.966 bits per heavy atom. The van der Waals surface area contributed by atoms with Crippen LogP contribution in [0, 0.1) is 0 Å². The number of amides is 1. The molecule has 2 heterocycles. The second kappa shape index (κ2) is 7.14. The van der Waals surface area contributed by atoms with Crippen molar-refractivity contribution in [2.24, 2.45) is 0 Å². The van der Waals surface area contributed by atoms with Crippen LogP contribution in [-0.2, 0) is 9.53 Å². The van der Waals surface area contributed by atoms with Gasteiger partial charge in [0, 0.05) is 11.1 Å². The number of hydrogen-bond acceptors (Lipinski definition) is 5. The van der Waals surface area contributed by atoms with Crippen LogP contribution < -0.4 is 5.32 Å². The van der Waals surface area contributed by atoms with E-state index in [4.69, 9.17) is 9.72 Å². The molecule has 1 N–H and O–H groups in total. The number of cyclic esters (lactones) is 1. The van der Waals surface area contributed by atoms with Crippen molar-refractivity contribution in [1.29, 1.82) is 0 Å². The van der Waals surface area contributed by atoms with Crippen LogP contribution in [-0.4, -0.2) is 16.9 Å². The molecule has 0 saturated carbocycles. The molecule has 29 heavy (non-hydrogen) atoms. The van der Waals surface area contributed by atoms with Crippen LogP contribution in [0.5, 0.6) is 0 Å². The van der Waals surface area contributed by atoms with Gasteiger partial charge in [-0.3, -0.25) is 4.79 Å². The molecular weight excluding hydrogens is 384 g/mol.